The van der Waals surface area contributed by atoms with E-state index in [1.54, 1.807) is 10.7 Å². The van der Waals surface area contributed by atoms with Crippen molar-refractivity contribution < 1.29 is 9.18 Å². The first-order valence-corrected chi connectivity index (χ1v) is 9.32. The maximum Gasteiger partial charge on any atom is 0.241 e. The van der Waals surface area contributed by atoms with E-state index >= 15 is 0 Å². The summed E-state index contributed by atoms with van der Waals surface area (Å²) in [5, 5.41) is 10.8. The average Bonchev–Trinajstić information content (AvgIpc) is 3.28. The third-order valence-corrected chi connectivity index (χ3v) is 4.86. The molecule has 1 aromatic carbocycles. The maximum atomic E-state index is 13.2. The molecule has 3 N–H and O–H groups in total. The van der Waals surface area contributed by atoms with Crippen molar-refractivity contribution in [3.8, 4) is 0 Å². The summed E-state index contributed by atoms with van der Waals surface area (Å²) < 4.78 is 14.9. The first kappa shape index (κ1) is 17.7. The molecule has 1 fully saturated rings. The van der Waals surface area contributed by atoms with Gasteiger partial charge in [0.1, 0.15) is 18.2 Å². The molecule has 3 aromatic rings. The van der Waals surface area contributed by atoms with Crippen LogP contribution in [0.4, 0.5) is 4.39 Å². The third-order valence-electron chi connectivity index (χ3n) is 4.86. The number of halogens is 1. The molecule has 0 bridgehead atoms. The van der Waals surface area contributed by atoms with Gasteiger partial charge in [0.05, 0.1) is 16.7 Å². The lowest BCUT2D eigenvalue weighted by Crippen LogP contribution is -2.30. The Morgan fingerprint density at radius 1 is 1.37 bits per heavy atom. The summed E-state index contributed by atoms with van der Waals surface area (Å²) in [5.41, 5.74) is 2.43. The molecule has 142 valence electrons. The quantitative estimate of drug-likeness (QED) is 0.617. The van der Waals surface area contributed by atoms with Crippen LogP contribution in [0.25, 0.3) is 11.0 Å². The van der Waals surface area contributed by atoms with Crippen LogP contribution < -0.4 is 10.6 Å². The number of imidazole rings is 1. The summed E-state index contributed by atoms with van der Waals surface area (Å²) in [6, 6.07) is 6.44. The van der Waals surface area contributed by atoms with Gasteiger partial charge in [-0.05, 0) is 43.7 Å². The van der Waals surface area contributed by atoms with Gasteiger partial charge in [-0.2, -0.15) is 5.10 Å². The summed E-state index contributed by atoms with van der Waals surface area (Å²) in [5.74, 6) is 0.769. The molecule has 1 saturated heterocycles. The van der Waals surface area contributed by atoms with Crippen molar-refractivity contribution in [3.05, 3.63) is 47.8 Å². The highest BCUT2D eigenvalue weighted by molar-refractivity contribution is 5.76. The maximum absolute atomic E-state index is 13.2. The van der Waals surface area contributed by atoms with Crippen LogP contribution >= 0.6 is 0 Å². The fraction of sp³-hybridized carbons (Fsp3) is 0.421. The summed E-state index contributed by atoms with van der Waals surface area (Å²) in [7, 11) is 0. The van der Waals surface area contributed by atoms with Crippen LogP contribution in [0.15, 0.2) is 30.5 Å². The van der Waals surface area contributed by atoms with E-state index in [2.05, 4.69) is 25.7 Å². The number of fused-ring (bicyclic) bond motifs is 1. The third kappa shape index (κ3) is 4.33. The molecule has 7 nitrogen and oxygen atoms in total. The van der Waals surface area contributed by atoms with Gasteiger partial charge in [-0.3, -0.25) is 9.48 Å². The van der Waals surface area contributed by atoms with Crippen molar-refractivity contribution >= 4 is 16.9 Å². The van der Waals surface area contributed by atoms with E-state index in [9.17, 15) is 9.18 Å². The zero-order valence-corrected chi connectivity index (χ0v) is 15.0. The van der Waals surface area contributed by atoms with E-state index in [0.717, 1.165) is 43.0 Å². The minimum atomic E-state index is -0.298. The van der Waals surface area contributed by atoms with Gasteiger partial charge >= 0.3 is 0 Å². The number of nitrogens with zero attached hydrogens (tertiary/aromatic N) is 3. The van der Waals surface area contributed by atoms with Crippen LogP contribution in [0.3, 0.4) is 0 Å². The predicted octanol–water partition coefficient (Wildman–Crippen LogP) is 1.72. The number of H-pyrrole nitrogens is 1. The Morgan fingerprint density at radius 2 is 2.30 bits per heavy atom. The highest BCUT2D eigenvalue weighted by Gasteiger charge is 2.17. The number of piperidine rings is 1. The SMILES string of the molecule is O=C(Cn1ccc([C@@H]2CCCNC2)n1)NCCc1nc2ccc(F)cc2[nH]1. The molecule has 0 radical (unpaired) electrons. The molecule has 8 heteroatoms. The molecule has 2 aromatic heterocycles. The number of hydrogen-bond acceptors (Lipinski definition) is 4. The molecule has 3 heterocycles. The summed E-state index contributed by atoms with van der Waals surface area (Å²) >= 11 is 0. The van der Waals surface area contributed by atoms with Crippen LogP contribution in [-0.2, 0) is 17.8 Å². The molecular weight excluding hydrogens is 347 g/mol. The standard InChI is InChI=1S/C19H23FN6O/c20-14-3-4-16-17(10-14)24-18(23-16)5-8-22-19(27)12-26-9-6-15(25-26)13-2-1-7-21-11-13/h3-4,6,9-10,13,21H,1-2,5,7-8,11-12H2,(H,22,27)(H,23,24)/t13-/m1/s1. The summed E-state index contributed by atoms with van der Waals surface area (Å²) in [6.07, 6.45) is 4.71. The van der Waals surface area contributed by atoms with E-state index in [0.29, 0.717) is 24.4 Å². The van der Waals surface area contributed by atoms with Crippen LogP contribution in [0.2, 0.25) is 0 Å². The molecule has 4 rings (SSSR count). The number of carbonyl (C=O) groups is 1. The summed E-state index contributed by atoms with van der Waals surface area (Å²) in [4.78, 5) is 19.6. The predicted molar refractivity (Wildman–Crippen MR) is 99.8 cm³/mol. The molecule has 0 unspecified atom stereocenters. The molecule has 0 saturated carbocycles. The molecule has 0 aliphatic carbocycles. The van der Waals surface area contributed by atoms with Gasteiger partial charge in [0, 0.05) is 31.6 Å². The van der Waals surface area contributed by atoms with Crippen molar-refractivity contribution in [3.63, 3.8) is 0 Å². The molecule has 27 heavy (non-hydrogen) atoms. The topological polar surface area (TPSA) is 87.6 Å². The second kappa shape index (κ2) is 7.87. The van der Waals surface area contributed by atoms with Gasteiger partial charge in [0.2, 0.25) is 5.91 Å². The van der Waals surface area contributed by atoms with E-state index in [1.165, 1.54) is 12.1 Å². The number of hydrogen-bond donors (Lipinski definition) is 3. The van der Waals surface area contributed by atoms with E-state index in [4.69, 9.17) is 0 Å². The zero-order chi connectivity index (χ0) is 18.6. The van der Waals surface area contributed by atoms with Crippen molar-refractivity contribution in [2.45, 2.75) is 31.7 Å². The highest BCUT2D eigenvalue weighted by atomic mass is 19.1. The Bertz CT molecular complexity index is 927. The summed E-state index contributed by atoms with van der Waals surface area (Å²) in [6.45, 7) is 2.68. The van der Waals surface area contributed by atoms with Gasteiger partial charge in [-0.1, -0.05) is 0 Å². The van der Waals surface area contributed by atoms with E-state index in [-0.39, 0.29) is 18.3 Å². The number of nitrogens with one attached hydrogen (secondary N) is 3. The number of aromatic amines is 1. The largest absolute Gasteiger partial charge is 0.354 e. The second-order valence-electron chi connectivity index (χ2n) is 6.93. The number of aromatic nitrogens is 4. The average molecular weight is 370 g/mol. The van der Waals surface area contributed by atoms with Crippen LogP contribution in [0.1, 0.15) is 30.3 Å². The second-order valence-corrected chi connectivity index (χ2v) is 6.93. The molecule has 1 atom stereocenters. The zero-order valence-electron chi connectivity index (χ0n) is 15.0. The van der Waals surface area contributed by atoms with Crippen molar-refractivity contribution in [1.82, 2.24) is 30.4 Å². The van der Waals surface area contributed by atoms with E-state index in [1.807, 2.05) is 12.3 Å². The Labute approximate surface area is 156 Å². The van der Waals surface area contributed by atoms with Gasteiger partial charge in [-0.15, -0.1) is 0 Å². The molecule has 1 aliphatic rings. The lowest BCUT2D eigenvalue weighted by Gasteiger charge is -2.20. The van der Waals surface area contributed by atoms with Crippen LogP contribution in [0, 0.1) is 5.82 Å². The molecule has 1 aliphatic heterocycles. The van der Waals surface area contributed by atoms with Gasteiger partial charge < -0.3 is 15.6 Å². The Balaban J connectivity index is 1.26. The minimum Gasteiger partial charge on any atom is -0.354 e. The Kier molecular flexibility index (Phi) is 5.15. The smallest absolute Gasteiger partial charge is 0.241 e. The first-order chi connectivity index (χ1) is 13.2. The fourth-order valence-corrected chi connectivity index (χ4v) is 3.46. The van der Waals surface area contributed by atoms with Crippen molar-refractivity contribution in [2.24, 2.45) is 0 Å². The minimum absolute atomic E-state index is 0.0893. The van der Waals surface area contributed by atoms with E-state index < -0.39 is 0 Å². The monoisotopic (exact) mass is 370 g/mol. The highest BCUT2D eigenvalue weighted by Crippen LogP contribution is 2.21. The van der Waals surface area contributed by atoms with Gasteiger partial charge in [0.25, 0.3) is 0 Å². The number of carbonyl (C=O) groups excluding carboxylic acids is 1. The van der Waals surface area contributed by atoms with Gasteiger partial charge in [0.15, 0.2) is 0 Å². The first-order valence-electron chi connectivity index (χ1n) is 9.32. The Morgan fingerprint density at radius 3 is 3.15 bits per heavy atom. The lowest BCUT2D eigenvalue weighted by molar-refractivity contribution is -0.121. The molecule has 0 spiro atoms. The van der Waals surface area contributed by atoms with Crippen molar-refractivity contribution in [2.75, 3.05) is 19.6 Å². The number of rotatable bonds is 6. The van der Waals surface area contributed by atoms with Crippen molar-refractivity contribution in [1.29, 1.82) is 0 Å². The molecule has 1 amide bonds. The normalized spacial score (nSPS) is 17.3. The number of benzene rings is 1. The Hall–Kier alpha value is -2.74. The fourth-order valence-electron chi connectivity index (χ4n) is 3.46. The number of amides is 1. The molecular formula is C19H23FN6O. The van der Waals surface area contributed by atoms with Gasteiger partial charge in [-0.25, -0.2) is 9.37 Å². The van der Waals surface area contributed by atoms with Crippen LogP contribution in [0.5, 0.6) is 0 Å². The lowest BCUT2D eigenvalue weighted by atomic mass is 9.97. The van der Waals surface area contributed by atoms with Crippen LogP contribution in [-0.4, -0.2) is 45.3 Å².